The first-order valence-corrected chi connectivity index (χ1v) is 24.4. The van der Waals surface area contributed by atoms with Gasteiger partial charge in [-0.15, -0.1) is 0 Å². The van der Waals surface area contributed by atoms with Gasteiger partial charge >= 0.3 is 0 Å². The average Bonchev–Trinajstić information content (AvgIpc) is 3.43. The molecule has 0 bridgehead atoms. The van der Waals surface area contributed by atoms with Crippen molar-refractivity contribution in [1.29, 1.82) is 0 Å². The minimum atomic E-state index is 1.20. The Bertz CT molecular complexity index is 4250. The van der Waals surface area contributed by atoms with E-state index in [1.54, 1.807) is 0 Å². The average molecular weight is 883 g/mol. The number of fused-ring (bicyclic) bond motifs is 2. The fourth-order valence-electron chi connectivity index (χ4n) is 12.2. The lowest BCUT2D eigenvalue weighted by Gasteiger charge is -2.21. The van der Waals surface area contributed by atoms with Gasteiger partial charge in [-0.1, -0.05) is 218 Å². The van der Waals surface area contributed by atoms with Crippen LogP contribution in [0.5, 0.6) is 0 Å². The summed E-state index contributed by atoms with van der Waals surface area (Å²) in [6, 6.07) is 95.6. The van der Waals surface area contributed by atoms with Gasteiger partial charge in [0.1, 0.15) is 0 Å². The molecule has 0 N–H and O–H groups in total. The van der Waals surface area contributed by atoms with Gasteiger partial charge in [0.05, 0.1) is 0 Å². The molecule has 0 saturated heterocycles. The SMILES string of the molecule is c1ccc(-c2cc(-c3ccccc3)cc(-c3c4ccccc4c(-c4cc(-c5ccc6ccc7cccc8ccc5c6c78)cc(-c5ccc6ccc7cccc8ccc5c6c78)c4)c4ccccc34)c2)cc1. The summed E-state index contributed by atoms with van der Waals surface area (Å²) in [6.07, 6.45) is 0. The molecule has 0 nitrogen and oxygen atoms in total. The molecule has 0 amide bonds. The van der Waals surface area contributed by atoms with Gasteiger partial charge in [-0.2, -0.15) is 0 Å². The molecule has 0 heterocycles. The van der Waals surface area contributed by atoms with Gasteiger partial charge in [0.25, 0.3) is 0 Å². The predicted octanol–water partition coefficient (Wildman–Crippen LogP) is 19.8. The van der Waals surface area contributed by atoms with E-state index in [4.69, 9.17) is 0 Å². The molecular formula is C70H42. The molecule has 0 spiro atoms. The molecule has 0 aliphatic heterocycles. The van der Waals surface area contributed by atoms with Crippen LogP contribution in [0.1, 0.15) is 0 Å². The topological polar surface area (TPSA) is 0 Å². The second-order valence-electron chi connectivity index (χ2n) is 19.1. The third-order valence-corrected chi connectivity index (χ3v) is 15.3. The Balaban J connectivity index is 1.04. The smallest absolute Gasteiger partial charge is 0.00206 e. The van der Waals surface area contributed by atoms with Gasteiger partial charge in [-0.05, 0) is 189 Å². The van der Waals surface area contributed by atoms with Gasteiger partial charge in [0.2, 0.25) is 0 Å². The van der Waals surface area contributed by atoms with Crippen LogP contribution in [0.15, 0.2) is 255 Å². The molecule has 0 atom stereocenters. The van der Waals surface area contributed by atoms with Gasteiger partial charge in [0, 0.05) is 0 Å². The van der Waals surface area contributed by atoms with Crippen molar-refractivity contribution in [2.75, 3.05) is 0 Å². The maximum absolute atomic E-state index is 2.48. The quantitative estimate of drug-likeness (QED) is 0.115. The molecule has 0 unspecified atom stereocenters. The summed E-state index contributed by atoms with van der Waals surface area (Å²) in [5.41, 5.74) is 14.6. The molecule has 15 aromatic rings. The predicted molar refractivity (Wildman–Crippen MR) is 301 cm³/mol. The highest BCUT2D eigenvalue weighted by Gasteiger charge is 2.22. The van der Waals surface area contributed by atoms with Gasteiger partial charge < -0.3 is 0 Å². The van der Waals surface area contributed by atoms with E-state index in [1.807, 2.05) is 0 Å². The van der Waals surface area contributed by atoms with E-state index >= 15 is 0 Å². The zero-order chi connectivity index (χ0) is 45.9. The van der Waals surface area contributed by atoms with E-state index in [9.17, 15) is 0 Å². The second kappa shape index (κ2) is 15.2. The summed E-state index contributed by atoms with van der Waals surface area (Å²) >= 11 is 0. The molecule has 0 aromatic heterocycles. The Morgan fingerprint density at radius 3 is 0.857 bits per heavy atom. The second-order valence-corrected chi connectivity index (χ2v) is 19.1. The molecule has 322 valence electrons. The van der Waals surface area contributed by atoms with Crippen LogP contribution in [-0.2, 0) is 0 Å². The van der Waals surface area contributed by atoms with Crippen molar-refractivity contribution < 1.29 is 0 Å². The number of rotatable bonds is 6. The number of hydrogen-bond acceptors (Lipinski definition) is 0. The van der Waals surface area contributed by atoms with Crippen LogP contribution in [-0.4, -0.2) is 0 Å². The standard InChI is InChI=1S/C70H42/c1-3-13-43(14-4-1)51-37-52(44-15-5-2-6-16-44)39-55(38-51)67-59-21-7-9-23-61(59)68(62-24-10-8-22-60(62)67)56-41-53(57-33-29-49-27-25-45-17-11-19-47-31-35-63(57)69(49)65(45)47)40-54(42-56)58-34-30-50-28-26-46-18-12-20-48-32-36-64(58)70(50)66(46)48/h1-42H. The van der Waals surface area contributed by atoms with Crippen molar-refractivity contribution in [2.24, 2.45) is 0 Å². The molecule has 0 saturated carbocycles. The van der Waals surface area contributed by atoms with E-state index < -0.39 is 0 Å². The highest BCUT2D eigenvalue weighted by molar-refractivity contribution is 6.28. The van der Waals surface area contributed by atoms with Crippen molar-refractivity contribution in [1.82, 2.24) is 0 Å². The molecule has 15 rings (SSSR count). The lowest BCUT2D eigenvalue weighted by molar-refractivity contribution is 1.58. The van der Waals surface area contributed by atoms with Crippen molar-refractivity contribution in [3.8, 4) is 66.8 Å². The highest BCUT2D eigenvalue weighted by Crippen LogP contribution is 2.49. The van der Waals surface area contributed by atoms with E-state index in [0.29, 0.717) is 0 Å². The largest absolute Gasteiger partial charge is 0.0622 e. The Labute approximate surface area is 405 Å². The normalized spacial score (nSPS) is 12.0. The van der Waals surface area contributed by atoms with Crippen molar-refractivity contribution in [3.63, 3.8) is 0 Å². The fraction of sp³-hybridized carbons (Fsp3) is 0. The van der Waals surface area contributed by atoms with Crippen LogP contribution in [0.2, 0.25) is 0 Å². The Morgan fingerprint density at radius 1 is 0.157 bits per heavy atom. The third-order valence-electron chi connectivity index (χ3n) is 15.3. The minimum Gasteiger partial charge on any atom is -0.0622 e. The first-order chi connectivity index (χ1) is 34.7. The third kappa shape index (κ3) is 5.90. The Hall–Kier alpha value is -9.10. The summed E-state index contributed by atoms with van der Waals surface area (Å²) in [5.74, 6) is 0. The molecule has 0 fully saturated rings. The van der Waals surface area contributed by atoms with Crippen molar-refractivity contribution in [2.45, 2.75) is 0 Å². The van der Waals surface area contributed by atoms with Crippen LogP contribution in [0, 0.1) is 0 Å². The fourth-order valence-corrected chi connectivity index (χ4v) is 12.2. The Morgan fingerprint density at radius 2 is 0.457 bits per heavy atom. The zero-order valence-corrected chi connectivity index (χ0v) is 38.2. The number of hydrogen-bond donors (Lipinski definition) is 0. The summed E-state index contributed by atoms with van der Waals surface area (Å²) < 4.78 is 0. The number of benzene rings is 15. The van der Waals surface area contributed by atoms with E-state index in [1.165, 1.54) is 153 Å². The Kier molecular flexibility index (Phi) is 8.46. The van der Waals surface area contributed by atoms with Crippen LogP contribution in [0.4, 0.5) is 0 Å². The first kappa shape index (κ1) is 38.9. The molecule has 0 aliphatic carbocycles. The molecule has 0 radical (unpaired) electrons. The molecule has 0 aliphatic rings. The zero-order valence-electron chi connectivity index (χ0n) is 38.2. The molecule has 15 aromatic carbocycles. The molecule has 0 heteroatoms. The monoisotopic (exact) mass is 882 g/mol. The molecule has 70 heavy (non-hydrogen) atoms. The first-order valence-electron chi connectivity index (χ1n) is 24.4. The van der Waals surface area contributed by atoms with Gasteiger partial charge in [-0.25, -0.2) is 0 Å². The summed E-state index contributed by atoms with van der Waals surface area (Å²) in [7, 11) is 0. The van der Waals surface area contributed by atoms with Crippen molar-refractivity contribution >= 4 is 86.2 Å². The molecular weight excluding hydrogens is 841 g/mol. The van der Waals surface area contributed by atoms with Crippen LogP contribution in [0.25, 0.3) is 153 Å². The lowest BCUT2D eigenvalue weighted by atomic mass is 9.82. The van der Waals surface area contributed by atoms with Gasteiger partial charge in [-0.3, -0.25) is 0 Å². The maximum Gasteiger partial charge on any atom is -0.00206 e. The van der Waals surface area contributed by atoms with E-state index in [-0.39, 0.29) is 0 Å². The van der Waals surface area contributed by atoms with Crippen LogP contribution >= 0.6 is 0 Å². The summed E-state index contributed by atoms with van der Waals surface area (Å²) in [4.78, 5) is 0. The summed E-state index contributed by atoms with van der Waals surface area (Å²) in [6.45, 7) is 0. The lowest BCUT2D eigenvalue weighted by Crippen LogP contribution is -1.94. The van der Waals surface area contributed by atoms with Crippen LogP contribution in [0.3, 0.4) is 0 Å². The van der Waals surface area contributed by atoms with E-state index in [0.717, 1.165) is 0 Å². The van der Waals surface area contributed by atoms with Crippen molar-refractivity contribution in [3.05, 3.63) is 255 Å². The minimum absolute atomic E-state index is 1.20. The van der Waals surface area contributed by atoms with E-state index in [2.05, 4.69) is 255 Å². The van der Waals surface area contributed by atoms with Gasteiger partial charge in [0.15, 0.2) is 0 Å². The highest BCUT2D eigenvalue weighted by atomic mass is 14.2. The summed E-state index contributed by atoms with van der Waals surface area (Å²) in [5, 5.41) is 20.5. The van der Waals surface area contributed by atoms with Crippen LogP contribution < -0.4 is 0 Å². The maximum atomic E-state index is 2.48.